The Kier molecular flexibility index (Phi) is 3.17. The molecule has 9 heteroatoms. The molecule has 2 rings (SSSR count). The maximum absolute atomic E-state index is 10.2. The van der Waals surface area contributed by atoms with Crippen LogP contribution in [-0.4, -0.2) is 37.5 Å². The topological polar surface area (TPSA) is 111 Å². The summed E-state index contributed by atoms with van der Waals surface area (Å²) in [5.74, 6) is -0.615. The second-order valence-corrected chi connectivity index (χ2v) is 3.29. The zero-order valence-electron chi connectivity index (χ0n) is 7.86. The molecule has 1 N–H and O–H groups in total. The van der Waals surface area contributed by atoms with Gasteiger partial charge < -0.3 is 14.3 Å². The first-order valence-electron chi connectivity index (χ1n) is 4.15. The highest BCUT2D eigenvalue weighted by molar-refractivity contribution is 7.03. The number of hydrogen-bond donors (Lipinski definition) is 1. The molecule has 16 heavy (non-hydrogen) atoms. The molecule has 0 saturated heterocycles. The smallest absolute Gasteiger partial charge is 0.329 e. The maximum Gasteiger partial charge on any atom is 0.329 e. The van der Waals surface area contributed by atoms with Crippen LogP contribution in [0.15, 0.2) is 9.80 Å². The van der Waals surface area contributed by atoms with Gasteiger partial charge in [-0.25, -0.2) is 4.79 Å². The fourth-order valence-corrected chi connectivity index (χ4v) is 1.33. The van der Waals surface area contributed by atoms with Gasteiger partial charge in [-0.15, -0.1) is 15.3 Å². The van der Waals surface area contributed by atoms with Crippen molar-refractivity contribution in [2.75, 3.05) is 6.61 Å². The quantitative estimate of drug-likeness (QED) is 0.790. The molecule has 0 unspecified atom stereocenters. The number of aliphatic carboxylic acids is 1. The lowest BCUT2D eigenvalue weighted by Crippen LogP contribution is -2.06. The molecule has 0 atom stereocenters. The highest BCUT2D eigenvalue weighted by atomic mass is 32.1. The first-order valence-corrected chi connectivity index (χ1v) is 4.98. The molecule has 0 saturated carbocycles. The highest BCUT2D eigenvalue weighted by Gasteiger charge is 2.11. The van der Waals surface area contributed by atoms with E-state index in [-0.39, 0.29) is 18.4 Å². The molecule has 84 valence electrons. The fourth-order valence-electron chi connectivity index (χ4n) is 0.899. The molecule has 0 fully saturated rings. The van der Waals surface area contributed by atoms with Gasteiger partial charge in [-0.05, 0) is 11.5 Å². The molecule has 0 amide bonds. The number of carboxylic acid groups (broad SMARTS) is 1. The van der Waals surface area contributed by atoms with Gasteiger partial charge >= 0.3 is 5.97 Å². The van der Waals surface area contributed by atoms with Crippen molar-refractivity contribution in [3.8, 4) is 11.6 Å². The Hall–Kier alpha value is -1.87. The van der Waals surface area contributed by atoms with Gasteiger partial charge in [-0.2, -0.15) is 0 Å². The predicted octanol–water partition coefficient (Wildman–Crippen LogP) is 0.189. The van der Waals surface area contributed by atoms with Crippen molar-refractivity contribution in [3.63, 3.8) is 0 Å². The molecular weight excluding hydrogens is 236 g/mol. The number of hydrogen-bond acceptors (Lipinski definition) is 8. The third-order valence-electron chi connectivity index (χ3n) is 1.50. The van der Waals surface area contributed by atoms with Crippen LogP contribution in [0.25, 0.3) is 11.6 Å². The van der Waals surface area contributed by atoms with E-state index in [1.54, 1.807) is 5.38 Å². The van der Waals surface area contributed by atoms with E-state index >= 15 is 0 Å². The minimum Gasteiger partial charge on any atom is -0.480 e. The van der Waals surface area contributed by atoms with E-state index in [9.17, 15) is 4.79 Å². The van der Waals surface area contributed by atoms with Crippen LogP contribution in [0.5, 0.6) is 0 Å². The van der Waals surface area contributed by atoms with Crippen molar-refractivity contribution < 1.29 is 19.1 Å². The van der Waals surface area contributed by atoms with Gasteiger partial charge in [0.15, 0.2) is 5.69 Å². The summed E-state index contributed by atoms with van der Waals surface area (Å²) < 4.78 is 13.6. The van der Waals surface area contributed by atoms with E-state index in [0.717, 1.165) is 0 Å². The van der Waals surface area contributed by atoms with Gasteiger partial charge in [0.25, 0.3) is 5.89 Å². The van der Waals surface area contributed by atoms with Gasteiger partial charge in [0.2, 0.25) is 5.89 Å². The number of aromatic nitrogens is 4. The number of carboxylic acids is 1. The van der Waals surface area contributed by atoms with Crippen molar-refractivity contribution in [2.45, 2.75) is 6.61 Å². The van der Waals surface area contributed by atoms with Crippen molar-refractivity contribution in [3.05, 3.63) is 11.3 Å². The molecule has 0 spiro atoms. The third-order valence-corrected chi connectivity index (χ3v) is 2.00. The molecule has 0 aliphatic heterocycles. The Bertz CT molecular complexity index is 468. The summed E-state index contributed by atoms with van der Waals surface area (Å²) in [7, 11) is 0. The predicted molar refractivity (Wildman–Crippen MR) is 50.5 cm³/mol. The first kappa shape index (κ1) is 10.6. The highest BCUT2D eigenvalue weighted by Crippen LogP contribution is 2.15. The summed E-state index contributed by atoms with van der Waals surface area (Å²) in [6.07, 6.45) is 0. The average molecular weight is 242 g/mol. The van der Waals surface area contributed by atoms with Gasteiger partial charge in [0.05, 0.1) is 0 Å². The minimum atomic E-state index is -1.05. The minimum absolute atomic E-state index is 0.0448. The van der Waals surface area contributed by atoms with Gasteiger partial charge in [0, 0.05) is 5.38 Å². The lowest BCUT2D eigenvalue weighted by atomic mass is 10.5. The number of ether oxygens (including phenoxy) is 1. The maximum atomic E-state index is 10.2. The second kappa shape index (κ2) is 4.77. The second-order valence-electron chi connectivity index (χ2n) is 2.68. The van der Waals surface area contributed by atoms with Crippen LogP contribution in [-0.2, 0) is 16.1 Å². The van der Waals surface area contributed by atoms with Crippen LogP contribution < -0.4 is 0 Å². The molecule has 0 radical (unpaired) electrons. The Morgan fingerprint density at radius 3 is 3.06 bits per heavy atom. The Morgan fingerprint density at radius 2 is 2.38 bits per heavy atom. The number of nitrogens with zero attached hydrogens (tertiary/aromatic N) is 4. The van der Waals surface area contributed by atoms with Crippen molar-refractivity contribution in [1.82, 2.24) is 19.8 Å². The molecule has 2 aromatic rings. The molecule has 0 aromatic carbocycles. The summed E-state index contributed by atoms with van der Waals surface area (Å²) >= 11 is 1.17. The fraction of sp³-hybridized carbons (Fsp3) is 0.286. The van der Waals surface area contributed by atoms with Crippen molar-refractivity contribution in [1.29, 1.82) is 0 Å². The van der Waals surface area contributed by atoms with Crippen LogP contribution in [0.3, 0.4) is 0 Å². The van der Waals surface area contributed by atoms with E-state index in [0.29, 0.717) is 5.69 Å². The SMILES string of the molecule is O=C(O)COCc1nnc(-c2csnn2)o1. The molecule has 2 heterocycles. The molecule has 8 nitrogen and oxygen atoms in total. The van der Waals surface area contributed by atoms with Gasteiger partial charge in [0.1, 0.15) is 13.2 Å². The molecule has 2 aromatic heterocycles. The van der Waals surface area contributed by atoms with Gasteiger partial charge in [-0.1, -0.05) is 4.49 Å². The standard InChI is InChI=1S/C7H6N4O4S/c12-6(13)2-14-1-5-9-10-7(15-5)4-3-16-11-8-4/h3H,1-2H2,(H,12,13). The Labute approximate surface area is 93.0 Å². The number of carbonyl (C=O) groups is 1. The average Bonchev–Trinajstić information content (AvgIpc) is 2.85. The summed E-state index contributed by atoms with van der Waals surface area (Å²) in [4.78, 5) is 10.2. The normalized spacial score (nSPS) is 10.5. The molecule has 0 aliphatic rings. The molecule has 0 bridgehead atoms. The lowest BCUT2D eigenvalue weighted by Gasteiger charge is -1.94. The van der Waals surface area contributed by atoms with Crippen molar-refractivity contribution in [2.24, 2.45) is 0 Å². The Balaban J connectivity index is 1.95. The van der Waals surface area contributed by atoms with E-state index in [1.165, 1.54) is 11.5 Å². The lowest BCUT2D eigenvalue weighted by molar-refractivity contribution is -0.142. The summed E-state index contributed by atoms with van der Waals surface area (Å²) in [5.41, 5.74) is 0.488. The van der Waals surface area contributed by atoms with Crippen LogP contribution in [0.4, 0.5) is 0 Å². The van der Waals surface area contributed by atoms with E-state index in [1.807, 2.05) is 0 Å². The zero-order chi connectivity index (χ0) is 11.4. The zero-order valence-corrected chi connectivity index (χ0v) is 8.68. The Morgan fingerprint density at radius 1 is 1.50 bits per heavy atom. The largest absolute Gasteiger partial charge is 0.480 e. The monoisotopic (exact) mass is 242 g/mol. The molecule has 0 aliphatic carbocycles. The number of rotatable bonds is 5. The van der Waals surface area contributed by atoms with Gasteiger partial charge in [-0.3, -0.25) is 0 Å². The third kappa shape index (κ3) is 2.58. The summed E-state index contributed by atoms with van der Waals surface area (Å²) in [6.45, 7) is -0.452. The summed E-state index contributed by atoms with van der Waals surface area (Å²) in [5, 5.41) is 21.1. The summed E-state index contributed by atoms with van der Waals surface area (Å²) in [6, 6.07) is 0. The van der Waals surface area contributed by atoms with Crippen LogP contribution in [0.1, 0.15) is 5.89 Å². The molecular formula is C7H6N4O4S. The van der Waals surface area contributed by atoms with Crippen LogP contribution in [0.2, 0.25) is 0 Å². The van der Waals surface area contributed by atoms with Crippen LogP contribution in [0, 0.1) is 0 Å². The van der Waals surface area contributed by atoms with Crippen molar-refractivity contribution >= 4 is 17.5 Å². The van der Waals surface area contributed by atoms with Crippen LogP contribution >= 0.6 is 11.5 Å². The van der Waals surface area contributed by atoms with E-state index < -0.39 is 12.6 Å². The van der Waals surface area contributed by atoms with E-state index in [4.69, 9.17) is 14.3 Å². The van der Waals surface area contributed by atoms with E-state index in [2.05, 4.69) is 19.8 Å². The first-order chi connectivity index (χ1) is 7.75.